The molecule has 1 aromatic heterocycles. The number of pyridine rings is 1. The van der Waals surface area contributed by atoms with Gasteiger partial charge in [-0.3, -0.25) is 4.79 Å². The van der Waals surface area contributed by atoms with E-state index in [0.29, 0.717) is 18.2 Å². The van der Waals surface area contributed by atoms with Crippen molar-refractivity contribution in [3.8, 4) is 16.9 Å². The lowest BCUT2D eigenvalue weighted by atomic mass is 10.0. The fourth-order valence-corrected chi connectivity index (χ4v) is 3.49. The third-order valence-electron chi connectivity index (χ3n) is 4.14. The Bertz CT molecular complexity index is 926. The zero-order valence-corrected chi connectivity index (χ0v) is 16.7. The van der Waals surface area contributed by atoms with Gasteiger partial charge in [0.15, 0.2) is 0 Å². The van der Waals surface area contributed by atoms with Crippen LogP contribution in [0.15, 0.2) is 59.6 Å². The van der Waals surface area contributed by atoms with Crippen LogP contribution in [0.25, 0.3) is 22.0 Å². The monoisotopic (exact) mass is 380 g/mol. The highest BCUT2D eigenvalue weighted by molar-refractivity contribution is 7.99. The molecule has 0 bridgehead atoms. The van der Waals surface area contributed by atoms with Gasteiger partial charge in [0.1, 0.15) is 5.75 Å². The van der Waals surface area contributed by atoms with Gasteiger partial charge in [-0.25, -0.2) is 4.98 Å². The van der Waals surface area contributed by atoms with E-state index in [1.807, 2.05) is 36.4 Å². The number of fused-ring (bicyclic) bond motifs is 1. The zero-order chi connectivity index (χ0) is 19.2. The molecule has 0 aliphatic carbocycles. The minimum absolute atomic E-state index is 0.0301. The molecule has 4 nitrogen and oxygen atoms in total. The molecule has 1 amide bonds. The van der Waals surface area contributed by atoms with Gasteiger partial charge in [-0.05, 0) is 35.2 Å². The Morgan fingerprint density at radius 3 is 2.63 bits per heavy atom. The molecule has 0 unspecified atom stereocenters. The molecule has 1 N–H and O–H groups in total. The van der Waals surface area contributed by atoms with Crippen molar-refractivity contribution >= 4 is 28.6 Å². The van der Waals surface area contributed by atoms with E-state index in [-0.39, 0.29) is 5.91 Å². The van der Waals surface area contributed by atoms with Crippen LogP contribution in [0.4, 0.5) is 0 Å². The predicted octanol–water partition coefficient (Wildman–Crippen LogP) is 4.77. The summed E-state index contributed by atoms with van der Waals surface area (Å²) in [6.07, 6.45) is 0. The molecule has 1 heterocycles. The number of carbonyl (C=O) groups excluding carboxylic acids is 1. The zero-order valence-electron chi connectivity index (χ0n) is 15.9. The summed E-state index contributed by atoms with van der Waals surface area (Å²) in [5.41, 5.74) is 3.09. The van der Waals surface area contributed by atoms with Crippen molar-refractivity contribution in [2.45, 2.75) is 18.9 Å². The Morgan fingerprint density at radius 1 is 1.15 bits per heavy atom. The van der Waals surface area contributed by atoms with Crippen LogP contribution in [-0.4, -0.2) is 30.3 Å². The van der Waals surface area contributed by atoms with E-state index in [0.717, 1.165) is 32.8 Å². The highest BCUT2D eigenvalue weighted by Crippen LogP contribution is 2.33. The van der Waals surface area contributed by atoms with Crippen LogP contribution in [0.2, 0.25) is 0 Å². The maximum atomic E-state index is 12.1. The number of ether oxygens (including phenoxy) is 1. The van der Waals surface area contributed by atoms with Gasteiger partial charge in [-0.15, -0.1) is 0 Å². The second-order valence-corrected chi connectivity index (χ2v) is 7.74. The maximum absolute atomic E-state index is 12.1. The second kappa shape index (κ2) is 8.91. The third-order valence-corrected chi connectivity index (χ3v) is 5.05. The number of methoxy groups -OCH3 is 1. The smallest absolute Gasteiger partial charge is 0.230 e. The molecule has 0 radical (unpaired) electrons. The number of benzene rings is 2. The number of thioether (sulfide) groups is 1. The van der Waals surface area contributed by atoms with Gasteiger partial charge < -0.3 is 10.1 Å². The number of rotatable bonds is 7. The Labute approximate surface area is 164 Å². The predicted molar refractivity (Wildman–Crippen MR) is 112 cm³/mol. The number of carbonyl (C=O) groups is 1. The van der Waals surface area contributed by atoms with Gasteiger partial charge in [-0.2, -0.15) is 0 Å². The maximum Gasteiger partial charge on any atom is 0.230 e. The Balaban J connectivity index is 1.92. The van der Waals surface area contributed by atoms with E-state index in [1.165, 1.54) is 11.8 Å². The van der Waals surface area contributed by atoms with Crippen LogP contribution in [-0.2, 0) is 4.79 Å². The molecule has 0 aliphatic heterocycles. The van der Waals surface area contributed by atoms with Gasteiger partial charge in [0, 0.05) is 18.0 Å². The first-order valence-electron chi connectivity index (χ1n) is 9.00. The molecular formula is C22H24N2O2S. The van der Waals surface area contributed by atoms with Crippen LogP contribution < -0.4 is 10.1 Å². The van der Waals surface area contributed by atoms with Gasteiger partial charge in [-0.1, -0.05) is 55.9 Å². The van der Waals surface area contributed by atoms with Crippen LogP contribution in [0, 0.1) is 5.92 Å². The standard InChI is InChI=1S/C22H24N2O2S/c1-15(2)13-23-21(25)14-27-22-12-19(16-7-5-4-6-8-16)18-10-9-17(26-3)11-20(18)24-22/h4-12,15H,13-14H2,1-3H3,(H,23,25). The summed E-state index contributed by atoms with van der Waals surface area (Å²) >= 11 is 1.45. The quantitative estimate of drug-likeness (QED) is 0.600. The topological polar surface area (TPSA) is 51.2 Å². The lowest BCUT2D eigenvalue weighted by Crippen LogP contribution is -2.28. The first kappa shape index (κ1) is 19.2. The fraction of sp³-hybridized carbons (Fsp3) is 0.273. The number of aromatic nitrogens is 1. The Hall–Kier alpha value is -2.53. The van der Waals surface area contributed by atoms with E-state index in [1.54, 1.807) is 7.11 Å². The van der Waals surface area contributed by atoms with E-state index in [2.05, 4.69) is 37.4 Å². The Morgan fingerprint density at radius 2 is 1.93 bits per heavy atom. The summed E-state index contributed by atoms with van der Waals surface area (Å²) in [6.45, 7) is 4.85. The first-order valence-corrected chi connectivity index (χ1v) is 9.99. The van der Waals surface area contributed by atoms with Gasteiger partial charge in [0.25, 0.3) is 0 Å². The SMILES string of the molecule is COc1ccc2c(-c3ccccc3)cc(SCC(=O)NCC(C)C)nc2c1. The summed E-state index contributed by atoms with van der Waals surface area (Å²) in [5.74, 6) is 1.59. The molecule has 5 heteroatoms. The lowest BCUT2D eigenvalue weighted by molar-refractivity contribution is -0.118. The van der Waals surface area contributed by atoms with Crippen LogP contribution in [0.1, 0.15) is 13.8 Å². The summed E-state index contributed by atoms with van der Waals surface area (Å²) in [7, 11) is 1.65. The fourth-order valence-electron chi connectivity index (χ4n) is 2.75. The molecular weight excluding hydrogens is 356 g/mol. The van der Waals surface area contributed by atoms with E-state index in [4.69, 9.17) is 9.72 Å². The molecule has 2 aromatic carbocycles. The normalized spacial score (nSPS) is 11.0. The lowest BCUT2D eigenvalue weighted by Gasteiger charge is -2.11. The highest BCUT2D eigenvalue weighted by atomic mass is 32.2. The van der Waals surface area contributed by atoms with Crippen molar-refractivity contribution in [2.24, 2.45) is 5.92 Å². The molecule has 0 spiro atoms. The van der Waals surface area contributed by atoms with Crippen molar-refractivity contribution in [1.82, 2.24) is 10.3 Å². The minimum atomic E-state index is 0.0301. The molecule has 0 aliphatic rings. The molecule has 0 saturated heterocycles. The molecule has 0 atom stereocenters. The van der Waals surface area contributed by atoms with Crippen LogP contribution >= 0.6 is 11.8 Å². The van der Waals surface area contributed by atoms with Crippen molar-refractivity contribution < 1.29 is 9.53 Å². The van der Waals surface area contributed by atoms with Crippen LogP contribution in [0.5, 0.6) is 5.75 Å². The van der Waals surface area contributed by atoms with Gasteiger partial charge in [0.05, 0.1) is 23.4 Å². The van der Waals surface area contributed by atoms with E-state index in [9.17, 15) is 4.79 Å². The van der Waals surface area contributed by atoms with E-state index >= 15 is 0 Å². The number of hydrogen-bond acceptors (Lipinski definition) is 4. The Kier molecular flexibility index (Phi) is 6.35. The largest absolute Gasteiger partial charge is 0.497 e. The minimum Gasteiger partial charge on any atom is -0.497 e. The molecule has 0 saturated carbocycles. The summed E-state index contributed by atoms with van der Waals surface area (Å²) in [5, 5.41) is 4.84. The first-order chi connectivity index (χ1) is 13.1. The van der Waals surface area contributed by atoms with Gasteiger partial charge >= 0.3 is 0 Å². The summed E-state index contributed by atoms with van der Waals surface area (Å²) < 4.78 is 5.35. The van der Waals surface area contributed by atoms with Crippen molar-refractivity contribution in [2.75, 3.05) is 19.4 Å². The molecule has 0 fully saturated rings. The van der Waals surface area contributed by atoms with Crippen molar-refractivity contribution in [1.29, 1.82) is 0 Å². The molecule has 3 aromatic rings. The average Bonchev–Trinajstić information content (AvgIpc) is 2.70. The second-order valence-electron chi connectivity index (χ2n) is 6.74. The molecule has 140 valence electrons. The van der Waals surface area contributed by atoms with Crippen molar-refractivity contribution in [3.05, 3.63) is 54.6 Å². The number of hydrogen-bond donors (Lipinski definition) is 1. The summed E-state index contributed by atoms with van der Waals surface area (Å²) in [6, 6.07) is 18.2. The molecule has 27 heavy (non-hydrogen) atoms. The van der Waals surface area contributed by atoms with Gasteiger partial charge in [0.2, 0.25) is 5.91 Å². The number of nitrogens with zero attached hydrogens (tertiary/aromatic N) is 1. The summed E-state index contributed by atoms with van der Waals surface area (Å²) in [4.78, 5) is 16.8. The average molecular weight is 381 g/mol. The molecule has 3 rings (SSSR count). The van der Waals surface area contributed by atoms with Crippen LogP contribution in [0.3, 0.4) is 0 Å². The number of amides is 1. The van der Waals surface area contributed by atoms with Crippen molar-refractivity contribution in [3.63, 3.8) is 0 Å². The third kappa shape index (κ3) is 5.01. The highest BCUT2D eigenvalue weighted by Gasteiger charge is 2.11. The van der Waals surface area contributed by atoms with E-state index < -0.39 is 0 Å². The number of nitrogens with one attached hydrogen (secondary N) is 1.